The highest BCUT2D eigenvalue weighted by molar-refractivity contribution is 7.99. The molecule has 0 aromatic rings. The van der Waals surface area contributed by atoms with Crippen molar-refractivity contribution in [1.82, 2.24) is 5.32 Å². The molecule has 0 rings (SSSR count). The van der Waals surface area contributed by atoms with Crippen molar-refractivity contribution in [3.8, 4) is 6.19 Å². The van der Waals surface area contributed by atoms with E-state index in [2.05, 4.69) is 0 Å². The van der Waals surface area contributed by atoms with Gasteiger partial charge in [0.15, 0.2) is 6.19 Å². The number of hydrogen-bond donors (Lipinski definition) is 2. The predicted molar refractivity (Wildman–Crippen MR) is 44.9 cm³/mol. The molecule has 0 saturated carbocycles. The molecule has 6 heteroatoms. The molecule has 0 aliphatic heterocycles. The van der Waals surface area contributed by atoms with Crippen molar-refractivity contribution in [1.29, 1.82) is 5.26 Å². The summed E-state index contributed by atoms with van der Waals surface area (Å²) in [5, 5.41) is 9.99. The fourth-order valence-corrected chi connectivity index (χ4v) is 1.14. The van der Waals surface area contributed by atoms with Crippen LogP contribution in [0.3, 0.4) is 0 Å². The topological polar surface area (TPSA) is 96.0 Å². The Balaban J connectivity index is 3.27. The van der Waals surface area contributed by atoms with Crippen LogP contribution in [0.1, 0.15) is 6.42 Å². The smallest absolute Gasteiger partial charge is 0.233 e. The molecular formula is C6H9N3O2S. The zero-order valence-corrected chi connectivity index (χ0v) is 7.19. The normalized spacial score (nSPS) is 8.58. The quantitative estimate of drug-likeness (QED) is 0.334. The monoisotopic (exact) mass is 187 g/mol. The van der Waals surface area contributed by atoms with Gasteiger partial charge in [0.05, 0.1) is 5.75 Å². The van der Waals surface area contributed by atoms with Gasteiger partial charge in [0, 0.05) is 12.2 Å². The van der Waals surface area contributed by atoms with E-state index >= 15 is 0 Å². The Hall–Kier alpha value is -1.22. The average Bonchev–Trinajstić information content (AvgIpc) is 1.98. The second kappa shape index (κ2) is 6.49. The zero-order valence-electron chi connectivity index (χ0n) is 6.37. The Labute approximate surface area is 74.3 Å². The Bertz CT molecular complexity index is 211. The Kier molecular flexibility index (Phi) is 5.83. The van der Waals surface area contributed by atoms with Crippen LogP contribution in [0.5, 0.6) is 0 Å². The summed E-state index contributed by atoms with van der Waals surface area (Å²) in [5.74, 6) is -0.0359. The van der Waals surface area contributed by atoms with Crippen molar-refractivity contribution in [2.24, 2.45) is 5.73 Å². The van der Waals surface area contributed by atoms with E-state index in [1.54, 1.807) is 0 Å². The lowest BCUT2D eigenvalue weighted by molar-refractivity contribution is -0.119. The van der Waals surface area contributed by atoms with E-state index in [-0.39, 0.29) is 18.1 Å². The maximum absolute atomic E-state index is 10.6. The molecule has 66 valence electrons. The summed E-state index contributed by atoms with van der Waals surface area (Å²) in [6.07, 6.45) is 1.74. The number of carbonyl (C=O) groups excluding carboxylic acids is 2. The maximum atomic E-state index is 10.6. The van der Waals surface area contributed by atoms with Crippen molar-refractivity contribution in [3.63, 3.8) is 0 Å². The van der Waals surface area contributed by atoms with E-state index in [4.69, 9.17) is 11.0 Å². The molecule has 0 radical (unpaired) electrons. The lowest BCUT2D eigenvalue weighted by Crippen LogP contribution is -2.18. The third-order valence-corrected chi connectivity index (χ3v) is 1.89. The molecule has 0 unspecified atom stereocenters. The molecule has 2 amide bonds. The van der Waals surface area contributed by atoms with Crippen LogP contribution in [-0.2, 0) is 9.59 Å². The molecule has 5 nitrogen and oxygen atoms in total. The number of nitrogens with two attached hydrogens (primary N) is 1. The molecule has 0 aromatic heterocycles. The lowest BCUT2D eigenvalue weighted by atomic mass is 10.5. The largest absolute Gasteiger partial charge is 0.369 e. The number of primary amides is 1. The molecule has 0 saturated heterocycles. The van der Waals surface area contributed by atoms with E-state index in [0.717, 1.165) is 0 Å². The number of nitrogens with one attached hydrogen (secondary N) is 1. The van der Waals surface area contributed by atoms with Crippen molar-refractivity contribution < 1.29 is 9.59 Å². The minimum atomic E-state index is -0.402. The second-order valence-electron chi connectivity index (χ2n) is 1.93. The van der Waals surface area contributed by atoms with Gasteiger partial charge < -0.3 is 5.73 Å². The summed E-state index contributed by atoms with van der Waals surface area (Å²) >= 11 is 1.27. The number of nitrogens with zero attached hydrogens (tertiary/aromatic N) is 1. The average molecular weight is 187 g/mol. The summed E-state index contributed by atoms with van der Waals surface area (Å²) in [5.41, 5.74) is 4.86. The summed E-state index contributed by atoms with van der Waals surface area (Å²) < 4.78 is 0. The Morgan fingerprint density at radius 1 is 1.58 bits per heavy atom. The fourth-order valence-electron chi connectivity index (χ4n) is 0.462. The number of hydrogen-bond acceptors (Lipinski definition) is 4. The molecule has 0 bridgehead atoms. The lowest BCUT2D eigenvalue weighted by Gasteiger charge is -1.96. The first-order chi connectivity index (χ1) is 5.66. The second-order valence-corrected chi connectivity index (χ2v) is 3.03. The molecule has 0 aliphatic rings. The van der Waals surface area contributed by atoms with Gasteiger partial charge in [-0.1, -0.05) is 0 Å². The van der Waals surface area contributed by atoms with Crippen LogP contribution in [0.15, 0.2) is 0 Å². The molecule has 0 fully saturated rings. The van der Waals surface area contributed by atoms with Gasteiger partial charge in [0.1, 0.15) is 0 Å². The van der Waals surface area contributed by atoms with Gasteiger partial charge in [-0.25, -0.2) is 0 Å². The van der Waals surface area contributed by atoms with Gasteiger partial charge >= 0.3 is 0 Å². The van der Waals surface area contributed by atoms with Crippen molar-refractivity contribution in [2.75, 3.05) is 11.5 Å². The summed E-state index contributed by atoms with van der Waals surface area (Å²) in [6.45, 7) is 0. The van der Waals surface area contributed by atoms with Gasteiger partial charge in [0.25, 0.3) is 0 Å². The Morgan fingerprint density at radius 3 is 2.75 bits per heavy atom. The van der Waals surface area contributed by atoms with Crippen LogP contribution in [0, 0.1) is 11.5 Å². The minimum absolute atomic E-state index is 0.208. The molecular weight excluding hydrogens is 178 g/mol. The molecule has 3 N–H and O–H groups in total. The molecule has 0 spiro atoms. The van der Waals surface area contributed by atoms with Crippen LogP contribution in [-0.4, -0.2) is 23.3 Å². The van der Waals surface area contributed by atoms with Crippen LogP contribution in [0.25, 0.3) is 0 Å². The summed E-state index contributed by atoms with van der Waals surface area (Å²) in [6, 6.07) is 0. The van der Waals surface area contributed by atoms with E-state index < -0.39 is 5.91 Å². The van der Waals surface area contributed by atoms with Crippen LogP contribution >= 0.6 is 11.8 Å². The third-order valence-electron chi connectivity index (χ3n) is 0.913. The number of carbonyl (C=O) groups is 2. The molecule has 0 aliphatic carbocycles. The highest BCUT2D eigenvalue weighted by Gasteiger charge is 2.00. The van der Waals surface area contributed by atoms with Gasteiger partial charge in [0.2, 0.25) is 11.8 Å². The van der Waals surface area contributed by atoms with E-state index in [1.165, 1.54) is 18.0 Å². The minimum Gasteiger partial charge on any atom is -0.369 e. The van der Waals surface area contributed by atoms with Gasteiger partial charge in [-0.2, -0.15) is 17.0 Å². The first kappa shape index (κ1) is 10.8. The number of thioether (sulfide) groups is 1. The zero-order chi connectivity index (χ0) is 9.40. The molecule has 0 atom stereocenters. The van der Waals surface area contributed by atoms with E-state index in [1.807, 2.05) is 5.32 Å². The first-order valence-corrected chi connectivity index (χ1v) is 4.36. The highest BCUT2D eigenvalue weighted by atomic mass is 32.2. The standard InChI is InChI=1S/C6H9N3O2S/c7-4-9-6(11)1-2-12-3-5(8)10/h1-3H2,(H2,8,10)(H,9,11). The van der Waals surface area contributed by atoms with Crippen LogP contribution in [0.2, 0.25) is 0 Å². The number of nitriles is 1. The molecule has 0 aromatic carbocycles. The maximum Gasteiger partial charge on any atom is 0.233 e. The van der Waals surface area contributed by atoms with Crippen molar-refractivity contribution >= 4 is 23.6 Å². The van der Waals surface area contributed by atoms with E-state index in [9.17, 15) is 9.59 Å². The van der Waals surface area contributed by atoms with Crippen LogP contribution in [0.4, 0.5) is 0 Å². The fraction of sp³-hybridized carbons (Fsp3) is 0.500. The summed E-state index contributed by atoms with van der Waals surface area (Å²) in [7, 11) is 0. The van der Waals surface area contributed by atoms with Crippen molar-refractivity contribution in [2.45, 2.75) is 6.42 Å². The SMILES string of the molecule is N#CNC(=O)CCSCC(N)=O. The van der Waals surface area contributed by atoms with Gasteiger partial charge in [-0.3, -0.25) is 14.9 Å². The third kappa shape index (κ3) is 6.89. The Morgan fingerprint density at radius 2 is 2.25 bits per heavy atom. The van der Waals surface area contributed by atoms with E-state index in [0.29, 0.717) is 5.75 Å². The van der Waals surface area contributed by atoms with Crippen molar-refractivity contribution in [3.05, 3.63) is 0 Å². The number of amides is 2. The van der Waals surface area contributed by atoms with Gasteiger partial charge in [-0.15, -0.1) is 0 Å². The molecule has 12 heavy (non-hydrogen) atoms. The van der Waals surface area contributed by atoms with Gasteiger partial charge in [-0.05, 0) is 0 Å². The summed E-state index contributed by atoms with van der Waals surface area (Å²) in [4.78, 5) is 20.8. The number of rotatable bonds is 5. The molecule has 0 heterocycles. The first-order valence-electron chi connectivity index (χ1n) is 3.20. The predicted octanol–water partition coefficient (Wildman–Crippen LogP) is -0.808. The van der Waals surface area contributed by atoms with Crippen LogP contribution < -0.4 is 11.1 Å². The highest BCUT2D eigenvalue weighted by Crippen LogP contribution is 2.00.